The van der Waals surface area contributed by atoms with Gasteiger partial charge in [0.1, 0.15) is 0 Å². The molecule has 0 amide bonds. The van der Waals surface area contributed by atoms with E-state index in [-0.39, 0.29) is 0 Å². The molecule has 1 aromatic rings. The van der Waals surface area contributed by atoms with Crippen molar-refractivity contribution in [3.63, 3.8) is 0 Å². The largest absolute Gasteiger partial charge is 0.382 e. The molecule has 0 saturated carbocycles. The van der Waals surface area contributed by atoms with Gasteiger partial charge in [0.2, 0.25) is 10.0 Å². The van der Waals surface area contributed by atoms with Gasteiger partial charge in [-0.2, -0.15) is 0 Å². The monoisotopic (exact) mass is 318 g/mol. The van der Waals surface area contributed by atoms with Crippen molar-refractivity contribution in [3.05, 3.63) is 23.2 Å². The average molecular weight is 319 g/mol. The van der Waals surface area contributed by atoms with Crippen LogP contribution in [0.3, 0.4) is 0 Å². The zero-order valence-electron chi connectivity index (χ0n) is 12.2. The van der Waals surface area contributed by atoms with Crippen LogP contribution in [0.2, 0.25) is 5.02 Å². The van der Waals surface area contributed by atoms with E-state index in [9.17, 15) is 8.42 Å². The second-order valence-corrected chi connectivity index (χ2v) is 7.14. The summed E-state index contributed by atoms with van der Waals surface area (Å²) in [5, 5.41) is 3.85. The highest BCUT2D eigenvalue weighted by Gasteiger charge is 2.10. The molecule has 0 saturated heterocycles. The average Bonchev–Trinajstić information content (AvgIpc) is 2.32. The number of hydrogen-bond donors (Lipinski definition) is 2. The Hall–Kier alpha value is -0.940. The van der Waals surface area contributed by atoms with E-state index in [0.29, 0.717) is 16.8 Å². The van der Waals surface area contributed by atoms with Gasteiger partial charge in [-0.05, 0) is 31.0 Å². The van der Waals surface area contributed by atoms with E-state index < -0.39 is 10.0 Å². The van der Waals surface area contributed by atoms with Gasteiger partial charge in [-0.25, -0.2) is 8.42 Å². The van der Waals surface area contributed by atoms with Gasteiger partial charge in [-0.1, -0.05) is 38.3 Å². The fourth-order valence-corrected chi connectivity index (χ4v) is 2.97. The Morgan fingerprint density at radius 3 is 2.25 bits per heavy atom. The molecule has 0 aliphatic carbocycles. The Balaban J connectivity index is 2.80. The lowest BCUT2D eigenvalue weighted by atomic mass is 10.1. The maximum Gasteiger partial charge on any atom is 0.229 e. The van der Waals surface area contributed by atoms with Crippen LogP contribution < -0.4 is 10.0 Å². The minimum Gasteiger partial charge on any atom is -0.382 e. The van der Waals surface area contributed by atoms with Crippen LogP contribution in [-0.4, -0.2) is 20.7 Å². The molecule has 0 aliphatic heterocycles. The molecule has 20 heavy (non-hydrogen) atoms. The normalized spacial score (nSPS) is 11.7. The summed E-state index contributed by atoms with van der Waals surface area (Å²) in [5.74, 6) is 0. The molecule has 1 rings (SSSR count). The lowest BCUT2D eigenvalue weighted by Crippen LogP contribution is -2.19. The standard InChI is InChI=1S/C14H23ClN2O2S/c1-4-6-11(7-5-2)16-12-8-9-14(13(15)10-12)17-20(3,18)19/h8-11,16-17H,4-7H2,1-3H3. The first-order chi connectivity index (χ1) is 9.35. The van der Waals surface area contributed by atoms with Crippen molar-refractivity contribution in [2.24, 2.45) is 0 Å². The number of benzene rings is 1. The van der Waals surface area contributed by atoms with Crippen molar-refractivity contribution in [1.29, 1.82) is 0 Å². The number of hydrogen-bond acceptors (Lipinski definition) is 3. The molecule has 114 valence electrons. The quantitative estimate of drug-likeness (QED) is 0.759. The van der Waals surface area contributed by atoms with Crippen LogP contribution in [0.15, 0.2) is 18.2 Å². The third kappa shape index (κ3) is 6.01. The lowest BCUT2D eigenvalue weighted by Gasteiger charge is -2.19. The van der Waals surface area contributed by atoms with E-state index in [0.717, 1.165) is 37.6 Å². The van der Waals surface area contributed by atoms with Crippen molar-refractivity contribution in [2.45, 2.75) is 45.6 Å². The first-order valence-electron chi connectivity index (χ1n) is 6.89. The molecule has 6 heteroatoms. The molecule has 0 spiro atoms. The van der Waals surface area contributed by atoms with Crippen molar-refractivity contribution >= 4 is 33.0 Å². The van der Waals surface area contributed by atoms with Gasteiger partial charge < -0.3 is 5.32 Å². The van der Waals surface area contributed by atoms with Crippen molar-refractivity contribution < 1.29 is 8.42 Å². The SMILES string of the molecule is CCCC(CCC)Nc1ccc(NS(C)(=O)=O)c(Cl)c1. The molecule has 0 bridgehead atoms. The molecule has 2 N–H and O–H groups in total. The maximum atomic E-state index is 11.2. The van der Waals surface area contributed by atoms with Gasteiger partial charge in [0.25, 0.3) is 0 Å². The van der Waals surface area contributed by atoms with E-state index in [1.807, 2.05) is 6.07 Å². The van der Waals surface area contributed by atoms with Gasteiger partial charge >= 0.3 is 0 Å². The Kier molecular flexibility index (Phi) is 6.62. The highest BCUT2D eigenvalue weighted by atomic mass is 35.5. The van der Waals surface area contributed by atoms with Gasteiger partial charge in [0.05, 0.1) is 17.0 Å². The highest BCUT2D eigenvalue weighted by Crippen LogP contribution is 2.27. The molecule has 0 unspecified atom stereocenters. The molecule has 0 aromatic heterocycles. The number of nitrogens with one attached hydrogen (secondary N) is 2. The Labute approximate surface area is 127 Å². The van der Waals surface area contributed by atoms with Crippen molar-refractivity contribution in [3.8, 4) is 0 Å². The highest BCUT2D eigenvalue weighted by molar-refractivity contribution is 7.92. The minimum atomic E-state index is -3.31. The molecule has 0 radical (unpaired) electrons. The van der Waals surface area contributed by atoms with E-state index in [2.05, 4.69) is 23.9 Å². The van der Waals surface area contributed by atoms with Crippen molar-refractivity contribution in [2.75, 3.05) is 16.3 Å². The van der Waals surface area contributed by atoms with Gasteiger partial charge in [0.15, 0.2) is 0 Å². The third-order valence-corrected chi connectivity index (χ3v) is 3.81. The summed E-state index contributed by atoms with van der Waals surface area (Å²) >= 11 is 6.11. The van der Waals surface area contributed by atoms with Crippen LogP contribution in [0.4, 0.5) is 11.4 Å². The molecule has 1 aromatic carbocycles. The second kappa shape index (κ2) is 7.74. The van der Waals surface area contributed by atoms with E-state index in [1.165, 1.54) is 0 Å². The number of halogens is 1. The molecule has 0 atom stereocenters. The lowest BCUT2D eigenvalue weighted by molar-refractivity contribution is 0.586. The predicted octanol–water partition coefficient (Wildman–Crippen LogP) is 4.09. The second-order valence-electron chi connectivity index (χ2n) is 4.99. The summed E-state index contributed by atoms with van der Waals surface area (Å²) in [6, 6.07) is 5.71. The van der Waals surface area contributed by atoms with E-state index in [4.69, 9.17) is 11.6 Å². The topological polar surface area (TPSA) is 58.2 Å². The fraction of sp³-hybridized carbons (Fsp3) is 0.571. The Bertz CT molecular complexity index is 526. The number of sulfonamides is 1. The zero-order chi connectivity index (χ0) is 15.2. The van der Waals surface area contributed by atoms with Crippen LogP contribution in [-0.2, 0) is 10.0 Å². The first kappa shape index (κ1) is 17.1. The van der Waals surface area contributed by atoms with Gasteiger partial charge in [-0.3, -0.25) is 4.72 Å². The molecule has 0 fully saturated rings. The van der Waals surface area contributed by atoms with E-state index >= 15 is 0 Å². The molecular formula is C14H23ClN2O2S. The molecule has 4 nitrogen and oxygen atoms in total. The third-order valence-electron chi connectivity index (χ3n) is 2.91. The van der Waals surface area contributed by atoms with Crippen LogP contribution in [0, 0.1) is 0 Å². The smallest absolute Gasteiger partial charge is 0.229 e. The summed E-state index contributed by atoms with van der Waals surface area (Å²) in [6.45, 7) is 4.33. The fourth-order valence-electron chi connectivity index (χ4n) is 2.11. The zero-order valence-corrected chi connectivity index (χ0v) is 13.8. The predicted molar refractivity (Wildman–Crippen MR) is 87.1 cm³/mol. The van der Waals surface area contributed by atoms with Gasteiger partial charge in [-0.15, -0.1) is 0 Å². The summed E-state index contributed by atoms with van der Waals surface area (Å²) < 4.78 is 24.8. The molecule has 0 aliphatic rings. The van der Waals surface area contributed by atoms with Crippen molar-refractivity contribution in [1.82, 2.24) is 0 Å². The van der Waals surface area contributed by atoms with Crippen LogP contribution in [0.5, 0.6) is 0 Å². The first-order valence-corrected chi connectivity index (χ1v) is 9.16. The van der Waals surface area contributed by atoms with Gasteiger partial charge in [0, 0.05) is 11.7 Å². The Morgan fingerprint density at radius 2 is 1.80 bits per heavy atom. The summed E-state index contributed by atoms with van der Waals surface area (Å²) in [4.78, 5) is 0. The minimum absolute atomic E-state index is 0.396. The maximum absolute atomic E-state index is 11.2. The number of rotatable bonds is 8. The summed E-state index contributed by atoms with van der Waals surface area (Å²) in [6.07, 6.45) is 5.57. The Morgan fingerprint density at radius 1 is 1.20 bits per heavy atom. The van der Waals surface area contributed by atoms with E-state index in [1.54, 1.807) is 12.1 Å². The molecule has 0 heterocycles. The number of anilines is 2. The van der Waals surface area contributed by atoms with Crippen LogP contribution >= 0.6 is 11.6 Å². The summed E-state index contributed by atoms with van der Waals surface area (Å²) in [5.41, 5.74) is 1.32. The molecular weight excluding hydrogens is 296 g/mol. The van der Waals surface area contributed by atoms with Crippen LogP contribution in [0.25, 0.3) is 0 Å². The summed E-state index contributed by atoms with van der Waals surface area (Å²) in [7, 11) is -3.31. The van der Waals surface area contributed by atoms with Crippen LogP contribution in [0.1, 0.15) is 39.5 Å².